The lowest BCUT2D eigenvalue weighted by Crippen LogP contribution is -2.22. The van der Waals surface area contributed by atoms with Crippen molar-refractivity contribution in [2.45, 2.75) is 40.0 Å². The van der Waals surface area contributed by atoms with Crippen molar-refractivity contribution in [2.24, 2.45) is 5.41 Å². The molecule has 1 atom stereocenters. The Morgan fingerprint density at radius 1 is 1.08 bits per heavy atom. The third-order valence-corrected chi connectivity index (χ3v) is 7.38. The minimum Gasteiger partial charge on any atom is -0.144 e. The molecule has 1 aromatic heterocycles. The van der Waals surface area contributed by atoms with E-state index in [4.69, 9.17) is 0 Å². The Bertz CT molecular complexity index is 1100. The molecule has 0 aliphatic heterocycles. The van der Waals surface area contributed by atoms with Gasteiger partial charge in [0, 0.05) is 16.0 Å². The van der Waals surface area contributed by atoms with Gasteiger partial charge in [0.15, 0.2) is 0 Å². The van der Waals surface area contributed by atoms with Crippen molar-refractivity contribution in [1.82, 2.24) is 0 Å². The van der Waals surface area contributed by atoms with E-state index in [0.717, 1.165) is 6.42 Å². The van der Waals surface area contributed by atoms with E-state index in [1.165, 1.54) is 32.3 Å². The normalized spacial score (nSPS) is 18.7. The molecule has 0 bridgehead atoms. The number of benzene rings is 2. The van der Waals surface area contributed by atoms with Gasteiger partial charge in [0.2, 0.25) is 0 Å². The molecule has 2 aromatic carbocycles. The number of hydrogen-bond donors (Lipinski definition) is 0. The molecule has 0 amide bonds. The number of fused-ring (bicyclic) bond motifs is 3. The SMILES string of the molecule is CC1=C(C(C)(C)C2C=Cc3ccccc32)c2cc3sccc3c(C)c2C1. The molecule has 3 aromatic rings. The predicted molar refractivity (Wildman–Crippen MR) is 115 cm³/mol. The Balaban J connectivity index is 1.69. The van der Waals surface area contributed by atoms with Crippen LogP contribution in [0.3, 0.4) is 0 Å². The molecule has 5 rings (SSSR count). The van der Waals surface area contributed by atoms with Crippen LogP contribution in [0.2, 0.25) is 0 Å². The van der Waals surface area contributed by atoms with Gasteiger partial charge >= 0.3 is 0 Å². The molecule has 1 unspecified atom stereocenters. The fraction of sp³-hybridized carbons (Fsp3) is 0.280. The molecule has 0 nitrogen and oxygen atoms in total. The predicted octanol–water partition coefficient (Wildman–Crippen LogP) is 7.38. The first-order chi connectivity index (χ1) is 12.5. The van der Waals surface area contributed by atoms with Crippen LogP contribution in [-0.2, 0) is 6.42 Å². The van der Waals surface area contributed by atoms with Crippen LogP contribution in [0.25, 0.3) is 21.7 Å². The van der Waals surface area contributed by atoms with Gasteiger partial charge in [-0.05, 0) is 76.6 Å². The summed E-state index contributed by atoms with van der Waals surface area (Å²) in [6.45, 7) is 9.52. The maximum Gasteiger partial charge on any atom is 0.0351 e. The first-order valence-corrected chi connectivity index (χ1v) is 10.3. The van der Waals surface area contributed by atoms with E-state index < -0.39 is 0 Å². The van der Waals surface area contributed by atoms with Crippen molar-refractivity contribution < 1.29 is 0 Å². The summed E-state index contributed by atoms with van der Waals surface area (Å²) < 4.78 is 1.42. The van der Waals surface area contributed by atoms with Gasteiger partial charge in [-0.2, -0.15) is 0 Å². The molecule has 1 heteroatoms. The monoisotopic (exact) mass is 356 g/mol. The van der Waals surface area contributed by atoms with Crippen molar-refractivity contribution >= 4 is 33.1 Å². The standard InChI is InChI=1S/C25H24S/c1-15-13-20-16(2)18-11-12-26-23(18)14-21(20)24(15)25(3,4)22-10-9-17-7-5-6-8-19(17)22/h5-12,14,22H,13H2,1-4H3. The lowest BCUT2D eigenvalue weighted by atomic mass is 9.68. The molecule has 0 saturated carbocycles. The maximum absolute atomic E-state index is 2.46. The number of allylic oxidation sites excluding steroid dienone is 3. The molecular formula is C25H24S. The van der Waals surface area contributed by atoms with Crippen molar-refractivity contribution in [1.29, 1.82) is 0 Å². The summed E-state index contributed by atoms with van der Waals surface area (Å²) in [5.74, 6) is 0.439. The first-order valence-electron chi connectivity index (χ1n) is 9.46. The zero-order valence-corrected chi connectivity index (χ0v) is 16.7. The number of thiophene rings is 1. The van der Waals surface area contributed by atoms with E-state index in [1.54, 1.807) is 16.7 Å². The summed E-state index contributed by atoms with van der Waals surface area (Å²) in [4.78, 5) is 0. The summed E-state index contributed by atoms with van der Waals surface area (Å²) in [6, 6.07) is 13.6. The van der Waals surface area contributed by atoms with E-state index in [-0.39, 0.29) is 5.41 Å². The zero-order valence-electron chi connectivity index (χ0n) is 15.9. The number of hydrogen-bond acceptors (Lipinski definition) is 1. The van der Waals surface area contributed by atoms with Crippen LogP contribution < -0.4 is 0 Å². The molecule has 2 aliphatic rings. The zero-order chi connectivity index (χ0) is 18.1. The van der Waals surface area contributed by atoms with Gasteiger partial charge in [-0.15, -0.1) is 11.3 Å². The van der Waals surface area contributed by atoms with Gasteiger partial charge in [-0.1, -0.05) is 55.8 Å². The van der Waals surface area contributed by atoms with Crippen molar-refractivity contribution in [2.75, 3.05) is 0 Å². The highest BCUT2D eigenvalue weighted by atomic mass is 32.1. The topological polar surface area (TPSA) is 0 Å². The highest BCUT2D eigenvalue weighted by Crippen LogP contribution is 2.55. The van der Waals surface area contributed by atoms with Crippen molar-refractivity contribution in [3.05, 3.63) is 81.2 Å². The van der Waals surface area contributed by atoms with Crippen LogP contribution in [-0.4, -0.2) is 0 Å². The van der Waals surface area contributed by atoms with Crippen molar-refractivity contribution in [3.8, 4) is 0 Å². The highest BCUT2D eigenvalue weighted by Gasteiger charge is 2.40. The van der Waals surface area contributed by atoms with E-state index in [1.807, 2.05) is 11.3 Å². The van der Waals surface area contributed by atoms with Crippen LogP contribution >= 0.6 is 11.3 Å². The summed E-state index contributed by atoms with van der Waals surface area (Å²) in [5.41, 5.74) is 10.6. The average Bonchev–Trinajstić information content (AvgIpc) is 3.31. The van der Waals surface area contributed by atoms with Gasteiger partial charge in [-0.25, -0.2) is 0 Å². The summed E-state index contributed by atoms with van der Waals surface area (Å²) >= 11 is 1.87. The minimum absolute atomic E-state index is 0.0792. The Hall–Kier alpha value is -2.12. The fourth-order valence-corrected chi connectivity index (χ4v) is 6.18. The number of aryl methyl sites for hydroxylation is 1. The second-order valence-electron chi connectivity index (χ2n) is 8.38. The summed E-state index contributed by atoms with van der Waals surface area (Å²) in [6.07, 6.45) is 5.82. The highest BCUT2D eigenvalue weighted by molar-refractivity contribution is 7.17. The second kappa shape index (κ2) is 5.44. The lowest BCUT2D eigenvalue weighted by Gasteiger charge is -2.35. The largest absolute Gasteiger partial charge is 0.144 e. The fourth-order valence-electron chi connectivity index (χ4n) is 5.29. The summed E-state index contributed by atoms with van der Waals surface area (Å²) in [5, 5.41) is 3.66. The van der Waals surface area contributed by atoms with Crippen LogP contribution in [0.5, 0.6) is 0 Å². The van der Waals surface area contributed by atoms with Crippen LogP contribution in [0.4, 0.5) is 0 Å². The average molecular weight is 357 g/mol. The molecule has 0 saturated heterocycles. The molecule has 0 N–H and O–H groups in total. The number of rotatable bonds is 2. The van der Waals surface area contributed by atoms with E-state index >= 15 is 0 Å². The molecule has 0 spiro atoms. The Kier molecular flexibility index (Phi) is 3.36. The van der Waals surface area contributed by atoms with Gasteiger partial charge in [0.1, 0.15) is 0 Å². The molecule has 1 heterocycles. The van der Waals surface area contributed by atoms with Gasteiger partial charge in [0.05, 0.1) is 0 Å². The molecular weight excluding hydrogens is 332 g/mol. The Morgan fingerprint density at radius 2 is 1.88 bits per heavy atom. The maximum atomic E-state index is 2.46. The minimum atomic E-state index is 0.0792. The van der Waals surface area contributed by atoms with Crippen LogP contribution in [0.1, 0.15) is 54.5 Å². The van der Waals surface area contributed by atoms with Gasteiger partial charge in [-0.3, -0.25) is 0 Å². The quantitative estimate of drug-likeness (QED) is 0.449. The Morgan fingerprint density at radius 3 is 2.73 bits per heavy atom. The third-order valence-electron chi connectivity index (χ3n) is 6.51. The molecule has 0 fully saturated rings. The molecule has 130 valence electrons. The van der Waals surface area contributed by atoms with Crippen molar-refractivity contribution in [3.63, 3.8) is 0 Å². The van der Waals surface area contributed by atoms with Crippen LogP contribution in [0, 0.1) is 12.3 Å². The molecule has 0 radical (unpaired) electrons. The van der Waals surface area contributed by atoms with Gasteiger partial charge in [0.25, 0.3) is 0 Å². The molecule has 2 aliphatic carbocycles. The Labute approximate surface area is 159 Å². The smallest absolute Gasteiger partial charge is 0.0351 e. The van der Waals surface area contributed by atoms with Gasteiger partial charge < -0.3 is 0 Å². The van der Waals surface area contributed by atoms with E-state index in [9.17, 15) is 0 Å². The lowest BCUT2D eigenvalue weighted by molar-refractivity contribution is 0.448. The second-order valence-corrected chi connectivity index (χ2v) is 9.33. The third kappa shape index (κ3) is 2.07. The summed E-state index contributed by atoms with van der Waals surface area (Å²) in [7, 11) is 0. The van der Waals surface area contributed by atoms with Crippen LogP contribution in [0.15, 0.2) is 53.4 Å². The first kappa shape index (κ1) is 16.1. The van der Waals surface area contributed by atoms with E-state index in [0.29, 0.717) is 5.92 Å². The van der Waals surface area contributed by atoms with E-state index in [2.05, 4.69) is 81.6 Å². The molecule has 26 heavy (non-hydrogen) atoms.